The van der Waals surface area contributed by atoms with Crippen molar-refractivity contribution in [3.05, 3.63) is 65.9 Å². The van der Waals surface area contributed by atoms with Gasteiger partial charge in [0.1, 0.15) is 0 Å². The topological polar surface area (TPSA) is 53.4 Å². The van der Waals surface area contributed by atoms with E-state index in [2.05, 4.69) is 18.8 Å². The Labute approximate surface area is 160 Å². The zero-order valence-corrected chi connectivity index (χ0v) is 16.0. The molecule has 3 aromatic rings. The van der Waals surface area contributed by atoms with E-state index in [1.165, 1.54) is 0 Å². The van der Waals surface area contributed by atoms with Crippen molar-refractivity contribution < 1.29 is 9.90 Å². The van der Waals surface area contributed by atoms with E-state index in [9.17, 15) is 9.90 Å². The van der Waals surface area contributed by atoms with E-state index in [-0.39, 0.29) is 12.5 Å². The van der Waals surface area contributed by atoms with E-state index in [0.29, 0.717) is 24.3 Å². The molecule has 4 nitrogen and oxygen atoms in total. The van der Waals surface area contributed by atoms with Gasteiger partial charge in [-0.3, -0.25) is 4.79 Å². The molecule has 1 amide bonds. The SMILES string of the molecule is CCCN(CCC)C(=O)c1c(CO)nc2ccccc2c1-c1ccccc1. The van der Waals surface area contributed by atoms with Gasteiger partial charge in [0.25, 0.3) is 5.91 Å². The van der Waals surface area contributed by atoms with Crippen LogP contribution in [0.5, 0.6) is 0 Å². The average Bonchev–Trinajstić information content (AvgIpc) is 2.72. The van der Waals surface area contributed by atoms with Crippen LogP contribution < -0.4 is 0 Å². The Kier molecular flexibility index (Phi) is 6.20. The van der Waals surface area contributed by atoms with Gasteiger partial charge in [-0.15, -0.1) is 0 Å². The predicted molar refractivity (Wildman–Crippen MR) is 110 cm³/mol. The second-order valence-electron chi connectivity index (χ2n) is 6.64. The zero-order valence-electron chi connectivity index (χ0n) is 16.0. The molecule has 1 aromatic heterocycles. The third-order valence-corrected chi connectivity index (χ3v) is 4.67. The summed E-state index contributed by atoms with van der Waals surface area (Å²) in [5, 5.41) is 10.9. The molecule has 140 valence electrons. The van der Waals surface area contributed by atoms with Crippen LogP contribution in [0.4, 0.5) is 0 Å². The van der Waals surface area contributed by atoms with Crippen LogP contribution in [0.15, 0.2) is 54.6 Å². The molecule has 0 unspecified atom stereocenters. The third-order valence-electron chi connectivity index (χ3n) is 4.67. The van der Waals surface area contributed by atoms with Crippen molar-refractivity contribution >= 4 is 16.8 Å². The fraction of sp³-hybridized carbons (Fsp3) is 0.304. The van der Waals surface area contributed by atoms with Gasteiger partial charge in [-0.25, -0.2) is 4.98 Å². The number of benzene rings is 2. The largest absolute Gasteiger partial charge is 0.390 e. The molecule has 1 N–H and O–H groups in total. The van der Waals surface area contributed by atoms with Gasteiger partial charge in [0.15, 0.2) is 0 Å². The van der Waals surface area contributed by atoms with E-state index in [1.54, 1.807) is 0 Å². The van der Waals surface area contributed by atoms with Crippen molar-refractivity contribution in [2.45, 2.75) is 33.3 Å². The summed E-state index contributed by atoms with van der Waals surface area (Å²) in [4.78, 5) is 20.0. The smallest absolute Gasteiger partial charge is 0.256 e. The van der Waals surface area contributed by atoms with Crippen LogP contribution in [0.2, 0.25) is 0 Å². The molecule has 0 radical (unpaired) electrons. The lowest BCUT2D eigenvalue weighted by atomic mass is 9.93. The number of rotatable bonds is 7. The van der Waals surface area contributed by atoms with Gasteiger partial charge in [-0.2, -0.15) is 0 Å². The van der Waals surface area contributed by atoms with Gasteiger partial charge in [0.05, 0.1) is 23.4 Å². The first-order valence-corrected chi connectivity index (χ1v) is 9.58. The summed E-state index contributed by atoms with van der Waals surface area (Å²) in [6.45, 7) is 5.26. The zero-order chi connectivity index (χ0) is 19.2. The fourth-order valence-electron chi connectivity index (χ4n) is 3.53. The minimum absolute atomic E-state index is 0.0557. The minimum atomic E-state index is -0.266. The normalized spacial score (nSPS) is 10.9. The molecule has 4 heteroatoms. The van der Waals surface area contributed by atoms with Gasteiger partial charge in [-0.1, -0.05) is 62.4 Å². The Morgan fingerprint density at radius 1 is 0.963 bits per heavy atom. The summed E-state index contributed by atoms with van der Waals surface area (Å²) in [6.07, 6.45) is 1.78. The summed E-state index contributed by atoms with van der Waals surface area (Å²) >= 11 is 0. The first-order valence-electron chi connectivity index (χ1n) is 9.58. The molecular weight excluding hydrogens is 336 g/mol. The van der Waals surface area contributed by atoms with Crippen LogP contribution >= 0.6 is 0 Å². The predicted octanol–water partition coefficient (Wildman–Crippen LogP) is 4.66. The molecule has 3 rings (SSSR count). The van der Waals surface area contributed by atoms with Crippen LogP contribution in [0.25, 0.3) is 22.0 Å². The Hall–Kier alpha value is -2.72. The summed E-state index contributed by atoms with van der Waals surface area (Å²) in [6, 6.07) is 17.7. The molecule has 2 aromatic carbocycles. The lowest BCUT2D eigenvalue weighted by molar-refractivity contribution is 0.0752. The highest BCUT2D eigenvalue weighted by molar-refractivity contribution is 6.09. The number of para-hydroxylation sites is 1. The number of pyridine rings is 1. The van der Waals surface area contributed by atoms with Crippen molar-refractivity contribution in [3.63, 3.8) is 0 Å². The van der Waals surface area contributed by atoms with E-state index in [1.807, 2.05) is 59.5 Å². The van der Waals surface area contributed by atoms with Crippen LogP contribution in [-0.2, 0) is 6.61 Å². The van der Waals surface area contributed by atoms with E-state index >= 15 is 0 Å². The second-order valence-corrected chi connectivity index (χ2v) is 6.64. The Morgan fingerprint density at radius 2 is 1.59 bits per heavy atom. The van der Waals surface area contributed by atoms with Gasteiger partial charge in [0, 0.05) is 24.0 Å². The van der Waals surface area contributed by atoms with E-state index in [0.717, 1.165) is 34.9 Å². The number of nitrogens with zero attached hydrogens (tertiary/aromatic N) is 2. The molecule has 0 aliphatic rings. The lowest BCUT2D eigenvalue weighted by Gasteiger charge is -2.25. The number of carbonyl (C=O) groups excluding carboxylic acids is 1. The summed E-state index contributed by atoms with van der Waals surface area (Å²) < 4.78 is 0. The molecule has 1 heterocycles. The fourth-order valence-corrected chi connectivity index (χ4v) is 3.53. The molecule has 0 saturated heterocycles. The quantitative estimate of drug-likeness (QED) is 0.665. The van der Waals surface area contributed by atoms with Gasteiger partial charge < -0.3 is 10.0 Å². The molecule has 0 aliphatic carbocycles. The number of amides is 1. The van der Waals surface area contributed by atoms with Crippen LogP contribution in [0, 0.1) is 0 Å². The minimum Gasteiger partial charge on any atom is -0.390 e. The van der Waals surface area contributed by atoms with Crippen molar-refractivity contribution in [1.82, 2.24) is 9.88 Å². The molecule has 0 saturated carbocycles. The summed E-state index contributed by atoms with van der Waals surface area (Å²) in [5.41, 5.74) is 3.56. The molecule has 0 atom stereocenters. The number of aliphatic hydroxyl groups is 1. The molecule has 27 heavy (non-hydrogen) atoms. The Bertz CT molecular complexity index is 916. The van der Waals surface area contributed by atoms with Gasteiger partial charge in [0.2, 0.25) is 0 Å². The number of carbonyl (C=O) groups is 1. The highest BCUT2D eigenvalue weighted by Gasteiger charge is 2.25. The Balaban J connectivity index is 2.31. The maximum Gasteiger partial charge on any atom is 0.256 e. The monoisotopic (exact) mass is 362 g/mol. The third kappa shape index (κ3) is 3.86. The van der Waals surface area contributed by atoms with E-state index < -0.39 is 0 Å². The number of hydrogen-bond donors (Lipinski definition) is 1. The average molecular weight is 362 g/mol. The van der Waals surface area contributed by atoms with Crippen LogP contribution in [0.3, 0.4) is 0 Å². The maximum atomic E-state index is 13.5. The van der Waals surface area contributed by atoms with Crippen LogP contribution in [0.1, 0.15) is 42.7 Å². The summed E-state index contributed by atoms with van der Waals surface area (Å²) in [5.74, 6) is -0.0557. The molecule has 0 bridgehead atoms. The first-order chi connectivity index (χ1) is 13.2. The maximum absolute atomic E-state index is 13.5. The first kappa shape index (κ1) is 19.1. The Morgan fingerprint density at radius 3 is 2.22 bits per heavy atom. The molecular formula is C23H26N2O2. The van der Waals surface area contributed by atoms with Crippen molar-refractivity contribution in [3.8, 4) is 11.1 Å². The van der Waals surface area contributed by atoms with Gasteiger partial charge in [-0.05, 0) is 24.5 Å². The molecule has 0 fully saturated rings. The number of hydrogen-bond acceptors (Lipinski definition) is 3. The summed E-state index contributed by atoms with van der Waals surface area (Å²) in [7, 11) is 0. The van der Waals surface area contributed by atoms with Gasteiger partial charge >= 0.3 is 0 Å². The molecule has 0 spiro atoms. The van der Waals surface area contributed by atoms with Crippen LogP contribution in [-0.4, -0.2) is 34.0 Å². The number of aliphatic hydroxyl groups excluding tert-OH is 1. The van der Waals surface area contributed by atoms with Crippen molar-refractivity contribution in [2.24, 2.45) is 0 Å². The van der Waals surface area contributed by atoms with E-state index in [4.69, 9.17) is 0 Å². The highest BCUT2D eigenvalue weighted by Crippen LogP contribution is 2.34. The van der Waals surface area contributed by atoms with Crippen molar-refractivity contribution in [1.29, 1.82) is 0 Å². The van der Waals surface area contributed by atoms with Crippen molar-refractivity contribution in [2.75, 3.05) is 13.1 Å². The molecule has 0 aliphatic heterocycles. The number of aromatic nitrogens is 1. The standard InChI is InChI=1S/C23H26N2O2/c1-3-14-25(15-4-2)23(27)22-20(16-26)24-19-13-9-8-12-18(19)21(22)17-10-6-5-7-11-17/h5-13,26H,3-4,14-16H2,1-2H3. The second kappa shape index (κ2) is 8.78. The number of fused-ring (bicyclic) bond motifs is 1. The lowest BCUT2D eigenvalue weighted by Crippen LogP contribution is -2.34. The highest BCUT2D eigenvalue weighted by atomic mass is 16.3.